The van der Waals surface area contributed by atoms with E-state index in [1.165, 1.54) is 5.57 Å². The third-order valence-electron chi connectivity index (χ3n) is 16.8. The number of carboxylic acids is 1. The molecule has 7 rings (SSSR count). The molecule has 0 spiro atoms. The van der Waals surface area contributed by atoms with Crippen molar-refractivity contribution in [3.63, 3.8) is 0 Å². The highest BCUT2D eigenvalue weighted by Gasteiger charge is 2.69. The van der Waals surface area contributed by atoms with Crippen molar-refractivity contribution in [3.8, 4) is 0 Å². The highest BCUT2D eigenvalue weighted by molar-refractivity contribution is 5.76. The molecule has 4 saturated carbocycles. The Morgan fingerprint density at radius 3 is 2.17 bits per heavy atom. The Hall–Kier alpha value is -1.15. The van der Waals surface area contributed by atoms with Gasteiger partial charge in [0.15, 0.2) is 12.6 Å². The molecule has 2 aliphatic heterocycles. The summed E-state index contributed by atoms with van der Waals surface area (Å²) >= 11 is 0. The Balaban J connectivity index is 1.13. The summed E-state index contributed by atoms with van der Waals surface area (Å²) in [4.78, 5) is 13.0. The lowest BCUT2D eigenvalue weighted by molar-refractivity contribution is -0.364. The van der Waals surface area contributed by atoms with Crippen LogP contribution in [0.2, 0.25) is 0 Å². The molecular formula is C41H66O11. The van der Waals surface area contributed by atoms with E-state index in [-0.39, 0.29) is 45.7 Å². The van der Waals surface area contributed by atoms with Crippen molar-refractivity contribution < 1.29 is 54.4 Å². The standard InChI is InChI=1S/C41H66O11/c1-21-28(43)30(45)31(46)33(50-21)52-32-29(44)24(42)20-49-34(32)51-27-12-13-38(6)25(37(27,4)5)11-14-40(8)26(38)10-9-22-23-19-36(2,3)15-17-41(23,35(47)48)18-16-39(22,40)7/h9,21,23-34,42-46H,10-20H2,1-8H3,(H,47,48)/t21-,23?,24-,25?,26?,27+,28-,29-,30+,31+,32+,33?,34?,38+,39-,40-,41-/m1/s1. The molecule has 17 atom stereocenters. The molecule has 52 heavy (non-hydrogen) atoms. The Bertz CT molecular complexity index is 1410. The summed E-state index contributed by atoms with van der Waals surface area (Å²) in [6.45, 7) is 18.1. The van der Waals surface area contributed by atoms with Crippen LogP contribution in [0.1, 0.15) is 120 Å². The molecule has 11 nitrogen and oxygen atoms in total. The molecule has 6 fully saturated rings. The fourth-order valence-electron chi connectivity index (χ4n) is 13.3. The second-order valence-corrected chi connectivity index (χ2v) is 20.2. The molecule has 296 valence electrons. The minimum Gasteiger partial charge on any atom is -0.481 e. The van der Waals surface area contributed by atoms with Gasteiger partial charge < -0.3 is 49.6 Å². The monoisotopic (exact) mass is 734 g/mol. The molecule has 0 bridgehead atoms. The van der Waals surface area contributed by atoms with Gasteiger partial charge in [-0.1, -0.05) is 60.1 Å². The van der Waals surface area contributed by atoms with E-state index in [2.05, 4.69) is 54.5 Å². The van der Waals surface area contributed by atoms with Crippen molar-refractivity contribution in [1.82, 2.24) is 0 Å². The molecule has 5 unspecified atom stereocenters. The average Bonchev–Trinajstić information content (AvgIpc) is 3.06. The quantitative estimate of drug-likeness (QED) is 0.173. The maximum atomic E-state index is 13.0. The number of aliphatic carboxylic acids is 1. The highest BCUT2D eigenvalue weighted by atomic mass is 16.8. The van der Waals surface area contributed by atoms with Crippen molar-refractivity contribution in [1.29, 1.82) is 0 Å². The maximum absolute atomic E-state index is 13.0. The van der Waals surface area contributed by atoms with Crippen LogP contribution in [0, 0.1) is 50.2 Å². The van der Waals surface area contributed by atoms with Crippen LogP contribution in [0.25, 0.3) is 0 Å². The van der Waals surface area contributed by atoms with E-state index >= 15 is 0 Å². The lowest BCUT2D eigenvalue weighted by Crippen LogP contribution is -2.66. The second-order valence-electron chi connectivity index (χ2n) is 20.2. The lowest BCUT2D eigenvalue weighted by Gasteiger charge is -2.71. The van der Waals surface area contributed by atoms with Gasteiger partial charge in [-0.2, -0.15) is 0 Å². The van der Waals surface area contributed by atoms with Gasteiger partial charge in [0.25, 0.3) is 0 Å². The molecule has 0 amide bonds. The first-order valence-electron chi connectivity index (χ1n) is 20.1. The smallest absolute Gasteiger partial charge is 0.310 e. The van der Waals surface area contributed by atoms with Crippen LogP contribution < -0.4 is 0 Å². The van der Waals surface area contributed by atoms with E-state index in [4.69, 9.17) is 18.9 Å². The maximum Gasteiger partial charge on any atom is 0.310 e. The Morgan fingerprint density at radius 1 is 0.788 bits per heavy atom. The van der Waals surface area contributed by atoms with E-state index in [1.54, 1.807) is 6.92 Å². The Morgan fingerprint density at radius 2 is 1.48 bits per heavy atom. The fraction of sp³-hybridized carbons (Fsp3) is 0.927. The number of aliphatic hydroxyl groups is 5. The summed E-state index contributed by atoms with van der Waals surface area (Å²) in [5, 5.41) is 63.6. The summed E-state index contributed by atoms with van der Waals surface area (Å²) in [6, 6.07) is 0. The first-order valence-corrected chi connectivity index (χ1v) is 20.1. The number of allylic oxidation sites excluding steroid dienone is 2. The number of rotatable bonds is 5. The van der Waals surface area contributed by atoms with Crippen LogP contribution in [-0.2, 0) is 23.7 Å². The molecule has 0 aromatic rings. The third kappa shape index (κ3) is 5.64. The average molecular weight is 735 g/mol. The van der Waals surface area contributed by atoms with Gasteiger partial charge in [0, 0.05) is 0 Å². The van der Waals surface area contributed by atoms with Crippen LogP contribution in [0.3, 0.4) is 0 Å². The summed E-state index contributed by atoms with van der Waals surface area (Å²) in [7, 11) is 0. The first kappa shape index (κ1) is 39.1. The van der Waals surface area contributed by atoms with E-state index in [1.807, 2.05) is 0 Å². The number of carboxylic acid groups (broad SMARTS) is 1. The number of fused-ring (bicyclic) bond motifs is 7. The molecule has 2 heterocycles. The van der Waals surface area contributed by atoms with Crippen LogP contribution in [0.15, 0.2) is 11.6 Å². The van der Waals surface area contributed by atoms with Crippen molar-refractivity contribution >= 4 is 5.97 Å². The zero-order valence-corrected chi connectivity index (χ0v) is 32.6. The van der Waals surface area contributed by atoms with Crippen LogP contribution in [0.5, 0.6) is 0 Å². The minimum atomic E-state index is -1.58. The van der Waals surface area contributed by atoms with Gasteiger partial charge in [0.05, 0.1) is 24.2 Å². The van der Waals surface area contributed by atoms with E-state index in [0.717, 1.165) is 64.2 Å². The van der Waals surface area contributed by atoms with E-state index < -0.39 is 66.7 Å². The molecule has 0 aromatic heterocycles. The minimum absolute atomic E-state index is 0.0146. The van der Waals surface area contributed by atoms with Gasteiger partial charge in [0.1, 0.15) is 36.6 Å². The lowest BCUT2D eigenvalue weighted by atomic mass is 9.33. The number of hydrogen-bond acceptors (Lipinski definition) is 10. The summed E-state index contributed by atoms with van der Waals surface area (Å²) in [6.07, 6.45) is -0.253. The largest absolute Gasteiger partial charge is 0.481 e. The number of hydrogen-bond donors (Lipinski definition) is 6. The third-order valence-corrected chi connectivity index (χ3v) is 16.8. The summed E-state index contributed by atoms with van der Waals surface area (Å²) < 4.78 is 24.5. The highest BCUT2D eigenvalue weighted by Crippen LogP contribution is 2.76. The SMILES string of the molecule is C[C@H]1OC(O[C@@H]2C(O[C@H]3CC[C@@]4(C)C(CC[C@]5(C)C4CC=C4C6CC(C)(C)CC[C@@]6(C(=O)O)CC[C@]45C)C3(C)C)OC[C@@H](O)[C@H]2O)[C@@H](O)[C@@H](O)[C@@H]1O. The van der Waals surface area contributed by atoms with Crippen LogP contribution in [0.4, 0.5) is 0 Å². The van der Waals surface area contributed by atoms with Crippen LogP contribution >= 0.6 is 0 Å². The van der Waals surface area contributed by atoms with Gasteiger partial charge in [-0.15, -0.1) is 0 Å². The second kappa shape index (κ2) is 12.9. The zero-order chi connectivity index (χ0) is 38.0. The van der Waals surface area contributed by atoms with E-state index in [9.17, 15) is 35.4 Å². The topological polar surface area (TPSA) is 175 Å². The summed E-state index contributed by atoms with van der Waals surface area (Å²) in [5.41, 5.74) is 0.579. The molecule has 7 aliphatic rings. The predicted molar refractivity (Wildman–Crippen MR) is 191 cm³/mol. The van der Waals surface area contributed by atoms with Gasteiger partial charge in [0.2, 0.25) is 0 Å². The van der Waals surface area contributed by atoms with Crippen LogP contribution in [-0.4, -0.2) is 105 Å². The molecule has 6 N–H and O–H groups in total. The van der Waals surface area contributed by atoms with Crippen molar-refractivity contribution in [2.24, 2.45) is 50.2 Å². The van der Waals surface area contributed by atoms with Crippen molar-refractivity contribution in [2.75, 3.05) is 6.61 Å². The Kier molecular flexibility index (Phi) is 9.74. The molecule has 5 aliphatic carbocycles. The van der Waals surface area contributed by atoms with Gasteiger partial charge in [-0.3, -0.25) is 4.79 Å². The van der Waals surface area contributed by atoms with Gasteiger partial charge >= 0.3 is 5.97 Å². The van der Waals surface area contributed by atoms with Gasteiger partial charge in [-0.25, -0.2) is 0 Å². The Labute approximate surface area is 309 Å². The normalized spacial score (nSPS) is 54.1. The van der Waals surface area contributed by atoms with Crippen molar-refractivity contribution in [3.05, 3.63) is 11.6 Å². The fourth-order valence-corrected chi connectivity index (χ4v) is 13.3. The first-order chi connectivity index (χ1) is 24.1. The number of carbonyl (C=O) groups is 1. The van der Waals surface area contributed by atoms with Crippen molar-refractivity contribution in [2.45, 2.75) is 181 Å². The zero-order valence-electron chi connectivity index (χ0n) is 32.6. The number of aliphatic hydroxyl groups excluding tert-OH is 5. The van der Waals surface area contributed by atoms with E-state index in [0.29, 0.717) is 11.8 Å². The molecular weight excluding hydrogens is 668 g/mol. The molecule has 0 aromatic carbocycles. The predicted octanol–water partition coefficient (Wildman–Crippen LogP) is 4.55. The molecule has 11 heteroatoms. The number of ether oxygens (including phenoxy) is 4. The summed E-state index contributed by atoms with van der Waals surface area (Å²) in [5.74, 6) is 0.219. The molecule has 0 radical (unpaired) electrons. The van der Waals surface area contributed by atoms with Gasteiger partial charge in [-0.05, 0) is 116 Å². The molecule has 2 saturated heterocycles.